The summed E-state index contributed by atoms with van der Waals surface area (Å²) in [5.41, 5.74) is 2.82. The molecular weight excluding hydrogens is 236 g/mol. The minimum atomic E-state index is 0.369. The molecule has 0 spiro atoms. The van der Waals surface area contributed by atoms with Gasteiger partial charge in [-0.2, -0.15) is 0 Å². The molecule has 1 atom stereocenters. The highest BCUT2D eigenvalue weighted by atomic mass is 16.5. The highest BCUT2D eigenvalue weighted by Gasteiger charge is 2.16. The topological polar surface area (TPSA) is 24.5 Å². The molecule has 0 bridgehead atoms. The third-order valence-corrected chi connectivity index (χ3v) is 3.59. The minimum absolute atomic E-state index is 0.369. The van der Waals surface area contributed by atoms with Gasteiger partial charge >= 0.3 is 0 Å². The normalized spacial score (nSPS) is 20.6. The quantitative estimate of drug-likeness (QED) is 0.794. The van der Waals surface area contributed by atoms with Crippen LogP contribution in [0.5, 0.6) is 0 Å². The molecule has 1 heterocycles. The third-order valence-electron chi connectivity index (χ3n) is 3.59. The molecule has 2 rings (SSSR count). The molecule has 106 valence electrons. The Morgan fingerprint density at radius 1 is 1.26 bits per heavy atom. The van der Waals surface area contributed by atoms with Gasteiger partial charge in [-0.25, -0.2) is 0 Å². The van der Waals surface area contributed by atoms with E-state index in [0.717, 1.165) is 45.8 Å². The van der Waals surface area contributed by atoms with Crippen molar-refractivity contribution in [1.29, 1.82) is 0 Å². The molecule has 0 saturated carbocycles. The van der Waals surface area contributed by atoms with Crippen LogP contribution in [0.15, 0.2) is 24.3 Å². The molecule has 1 N–H and O–H groups in total. The fraction of sp³-hybridized carbons (Fsp3) is 0.625. The van der Waals surface area contributed by atoms with Crippen molar-refractivity contribution in [3.63, 3.8) is 0 Å². The van der Waals surface area contributed by atoms with Crippen molar-refractivity contribution in [1.82, 2.24) is 10.2 Å². The molecule has 0 radical (unpaired) electrons. The Kier molecular flexibility index (Phi) is 5.83. The zero-order valence-corrected chi connectivity index (χ0v) is 12.2. The van der Waals surface area contributed by atoms with E-state index >= 15 is 0 Å². The molecule has 1 aliphatic rings. The van der Waals surface area contributed by atoms with Crippen LogP contribution in [0.1, 0.15) is 25.0 Å². The number of ether oxygens (including phenoxy) is 1. The number of likely N-dealkylation sites (N-methyl/N-ethyl adjacent to an activating group) is 1. The smallest absolute Gasteiger partial charge is 0.0674 e. The third kappa shape index (κ3) is 4.94. The van der Waals surface area contributed by atoms with E-state index in [2.05, 4.69) is 48.3 Å². The van der Waals surface area contributed by atoms with Crippen molar-refractivity contribution in [2.24, 2.45) is 0 Å². The lowest BCUT2D eigenvalue weighted by Crippen LogP contribution is -2.40. The fourth-order valence-electron chi connectivity index (χ4n) is 2.51. The molecule has 1 saturated heterocycles. The summed E-state index contributed by atoms with van der Waals surface area (Å²) >= 11 is 0. The average Bonchev–Trinajstić information content (AvgIpc) is 2.41. The number of nitrogens with zero attached hydrogens (tertiary/aromatic N) is 1. The van der Waals surface area contributed by atoms with E-state index in [1.54, 1.807) is 0 Å². The Morgan fingerprint density at radius 3 is 2.68 bits per heavy atom. The van der Waals surface area contributed by atoms with Gasteiger partial charge < -0.3 is 10.1 Å². The van der Waals surface area contributed by atoms with Crippen LogP contribution < -0.4 is 5.32 Å². The van der Waals surface area contributed by atoms with Crippen molar-refractivity contribution < 1.29 is 4.74 Å². The summed E-state index contributed by atoms with van der Waals surface area (Å²) in [4.78, 5) is 2.47. The number of benzene rings is 1. The molecule has 19 heavy (non-hydrogen) atoms. The maximum Gasteiger partial charge on any atom is 0.0674 e. The molecule has 0 aliphatic carbocycles. The highest BCUT2D eigenvalue weighted by molar-refractivity contribution is 5.22. The Labute approximate surface area is 116 Å². The van der Waals surface area contributed by atoms with Crippen LogP contribution >= 0.6 is 0 Å². The molecular formula is C16H26N2O. The summed E-state index contributed by atoms with van der Waals surface area (Å²) in [6, 6.07) is 9.05. The fourth-order valence-corrected chi connectivity index (χ4v) is 2.51. The van der Waals surface area contributed by atoms with Crippen LogP contribution in [-0.4, -0.2) is 43.8 Å². The van der Waals surface area contributed by atoms with Gasteiger partial charge in [-0.1, -0.05) is 31.2 Å². The second kappa shape index (κ2) is 7.63. The van der Waals surface area contributed by atoms with Crippen LogP contribution in [0.2, 0.25) is 0 Å². The van der Waals surface area contributed by atoms with Crippen LogP contribution in [0.4, 0.5) is 0 Å². The van der Waals surface area contributed by atoms with E-state index in [9.17, 15) is 0 Å². The summed E-state index contributed by atoms with van der Waals surface area (Å²) in [6.07, 6.45) is 1.48. The Bertz CT molecular complexity index is 364. The Balaban J connectivity index is 1.81. The number of morpholine rings is 1. The standard InChI is InChI=1S/C16H26N2O/c1-3-17-9-8-15-4-6-16(7-5-15)13-18-10-11-19-14(2)12-18/h4-7,14,17H,3,8-13H2,1-2H3. The van der Waals surface area contributed by atoms with E-state index in [4.69, 9.17) is 4.74 Å². The summed E-state index contributed by atoms with van der Waals surface area (Å²) in [6.45, 7) is 10.4. The Hall–Kier alpha value is -0.900. The monoisotopic (exact) mass is 262 g/mol. The van der Waals surface area contributed by atoms with Gasteiger partial charge in [0.05, 0.1) is 12.7 Å². The van der Waals surface area contributed by atoms with Crippen LogP contribution in [0.25, 0.3) is 0 Å². The van der Waals surface area contributed by atoms with Gasteiger partial charge in [0, 0.05) is 19.6 Å². The van der Waals surface area contributed by atoms with Crippen LogP contribution in [0, 0.1) is 0 Å². The largest absolute Gasteiger partial charge is 0.376 e. The second-order valence-electron chi connectivity index (χ2n) is 5.34. The first-order chi connectivity index (χ1) is 9.28. The van der Waals surface area contributed by atoms with Crippen LogP contribution in [0.3, 0.4) is 0 Å². The predicted octanol–water partition coefficient (Wildman–Crippen LogP) is 2.06. The maximum absolute atomic E-state index is 5.57. The number of rotatable bonds is 6. The van der Waals surface area contributed by atoms with E-state index in [-0.39, 0.29) is 0 Å². The highest BCUT2D eigenvalue weighted by Crippen LogP contribution is 2.11. The van der Waals surface area contributed by atoms with E-state index in [0.29, 0.717) is 6.10 Å². The molecule has 1 unspecified atom stereocenters. The van der Waals surface area contributed by atoms with E-state index in [1.165, 1.54) is 11.1 Å². The van der Waals surface area contributed by atoms with Gasteiger partial charge in [0.2, 0.25) is 0 Å². The Morgan fingerprint density at radius 2 is 2.00 bits per heavy atom. The molecule has 1 aromatic carbocycles. The second-order valence-corrected chi connectivity index (χ2v) is 5.34. The SMILES string of the molecule is CCNCCc1ccc(CN2CCOC(C)C2)cc1. The van der Waals surface area contributed by atoms with Crippen molar-refractivity contribution in [3.05, 3.63) is 35.4 Å². The maximum atomic E-state index is 5.57. The lowest BCUT2D eigenvalue weighted by Gasteiger charge is -2.31. The predicted molar refractivity (Wildman–Crippen MR) is 79.4 cm³/mol. The van der Waals surface area contributed by atoms with Gasteiger partial charge in [-0.05, 0) is 37.6 Å². The molecule has 0 amide bonds. The molecule has 0 aromatic heterocycles. The van der Waals surface area contributed by atoms with Crippen molar-refractivity contribution in [2.45, 2.75) is 32.9 Å². The van der Waals surface area contributed by atoms with Gasteiger partial charge in [0.15, 0.2) is 0 Å². The van der Waals surface area contributed by atoms with Crippen molar-refractivity contribution in [3.8, 4) is 0 Å². The lowest BCUT2D eigenvalue weighted by molar-refractivity contribution is -0.0212. The molecule has 3 heteroatoms. The first kappa shape index (κ1) is 14.5. The first-order valence-electron chi connectivity index (χ1n) is 7.40. The van der Waals surface area contributed by atoms with Crippen molar-refractivity contribution in [2.75, 3.05) is 32.8 Å². The number of hydrogen-bond donors (Lipinski definition) is 1. The zero-order valence-electron chi connectivity index (χ0n) is 12.2. The number of nitrogens with one attached hydrogen (secondary N) is 1. The van der Waals surface area contributed by atoms with E-state index < -0.39 is 0 Å². The first-order valence-corrected chi connectivity index (χ1v) is 7.40. The van der Waals surface area contributed by atoms with Crippen molar-refractivity contribution >= 4 is 0 Å². The summed E-state index contributed by atoms with van der Waals surface area (Å²) in [5, 5.41) is 3.36. The molecule has 1 aliphatic heterocycles. The number of hydrogen-bond acceptors (Lipinski definition) is 3. The van der Waals surface area contributed by atoms with E-state index in [1.807, 2.05) is 0 Å². The molecule has 1 aromatic rings. The van der Waals surface area contributed by atoms with Gasteiger partial charge in [0.1, 0.15) is 0 Å². The minimum Gasteiger partial charge on any atom is -0.376 e. The van der Waals surface area contributed by atoms with Gasteiger partial charge in [-0.15, -0.1) is 0 Å². The average molecular weight is 262 g/mol. The lowest BCUT2D eigenvalue weighted by atomic mass is 10.1. The van der Waals surface area contributed by atoms with Crippen LogP contribution in [-0.2, 0) is 17.7 Å². The van der Waals surface area contributed by atoms with Gasteiger partial charge in [-0.3, -0.25) is 4.90 Å². The van der Waals surface area contributed by atoms with Gasteiger partial charge in [0.25, 0.3) is 0 Å². The summed E-state index contributed by atoms with van der Waals surface area (Å²) in [5.74, 6) is 0. The molecule has 1 fully saturated rings. The molecule has 3 nitrogen and oxygen atoms in total. The summed E-state index contributed by atoms with van der Waals surface area (Å²) in [7, 11) is 0. The zero-order chi connectivity index (χ0) is 13.5. The summed E-state index contributed by atoms with van der Waals surface area (Å²) < 4.78 is 5.57.